The van der Waals surface area contributed by atoms with Crippen molar-refractivity contribution in [3.8, 4) is 0 Å². The SMILES string of the molecule is O=C(C(c1ccccc1)c1ccccc1)N(Cc1ccco1)c1nc2ccc(Br)cc2s1. The Kier molecular flexibility index (Phi) is 5.88. The van der Waals surface area contributed by atoms with Gasteiger partial charge in [-0.25, -0.2) is 4.98 Å². The third kappa shape index (κ3) is 4.24. The average molecular weight is 503 g/mol. The third-order valence-electron chi connectivity index (χ3n) is 5.24. The Morgan fingerprint density at radius 2 is 1.62 bits per heavy atom. The molecule has 0 N–H and O–H groups in total. The smallest absolute Gasteiger partial charge is 0.241 e. The molecule has 32 heavy (non-hydrogen) atoms. The first kappa shape index (κ1) is 20.7. The van der Waals surface area contributed by atoms with Gasteiger partial charge in [-0.15, -0.1) is 0 Å². The molecule has 0 saturated heterocycles. The summed E-state index contributed by atoms with van der Waals surface area (Å²) in [4.78, 5) is 20.7. The van der Waals surface area contributed by atoms with Crippen molar-refractivity contribution in [3.63, 3.8) is 0 Å². The van der Waals surface area contributed by atoms with E-state index in [1.807, 2.05) is 91.0 Å². The number of rotatable bonds is 6. The van der Waals surface area contributed by atoms with E-state index in [0.717, 1.165) is 25.8 Å². The van der Waals surface area contributed by atoms with Gasteiger partial charge in [0.15, 0.2) is 5.13 Å². The van der Waals surface area contributed by atoms with Crippen LogP contribution < -0.4 is 4.90 Å². The Morgan fingerprint density at radius 1 is 0.938 bits per heavy atom. The van der Waals surface area contributed by atoms with Crippen LogP contribution in [0, 0.1) is 0 Å². The molecule has 0 aliphatic rings. The zero-order valence-electron chi connectivity index (χ0n) is 17.0. The molecular formula is C26H19BrN2O2S. The molecule has 0 atom stereocenters. The number of hydrogen-bond donors (Lipinski definition) is 0. The molecule has 0 fully saturated rings. The number of benzene rings is 3. The van der Waals surface area contributed by atoms with Crippen LogP contribution in [0.1, 0.15) is 22.8 Å². The number of amides is 1. The summed E-state index contributed by atoms with van der Waals surface area (Å²) in [6.45, 7) is 0.309. The molecule has 6 heteroatoms. The Bertz CT molecular complexity index is 1300. The molecular weight excluding hydrogens is 484 g/mol. The maximum absolute atomic E-state index is 14.2. The van der Waals surface area contributed by atoms with Gasteiger partial charge in [0.05, 0.1) is 28.9 Å². The summed E-state index contributed by atoms with van der Waals surface area (Å²) in [5, 5.41) is 0.649. The second-order valence-corrected chi connectivity index (χ2v) is 9.29. The normalized spacial score (nSPS) is 11.2. The van der Waals surface area contributed by atoms with Gasteiger partial charge in [-0.1, -0.05) is 87.9 Å². The van der Waals surface area contributed by atoms with Crippen LogP contribution in [0.2, 0.25) is 0 Å². The van der Waals surface area contributed by atoms with E-state index in [4.69, 9.17) is 9.40 Å². The van der Waals surface area contributed by atoms with Crippen molar-refractivity contribution in [2.45, 2.75) is 12.5 Å². The Hall–Kier alpha value is -3.22. The van der Waals surface area contributed by atoms with E-state index in [-0.39, 0.29) is 5.91 Å². The summed E-state index contributed by atoms with van der Waals surface area (Å²) in [7, 11) is 0. The van der Waals surface area contributed by atoms with E-state index >= 15 is 0 Å². The van der Waals surface area contributed by atoms with Crippen molar-refractivity contribution >= 4 is 48.5 Å². The predicted octanol–water partition coefficient (Wildman–Crippen LogP) is 7.02. The van der Waals surface area contributed by atoms with Crippen LogP contribution in [0.5, 0.6) is 0 Å². The van der Waals surface area contributed by atoms with Gasteiger partial charge < -0.3 is 4.42 Å². The molecule has 5 rings (SSSR count). The van der Waals surface area contributed by atoms with Crippen LogP contribution in [-0.2, 0) is 11.3 Å². The lowest BCUT2D eigenvalue weighted by Crippen LogP contribution is -2.35. The zero-order chi connectivity index (χ0) is 21.9. The molecule has 3 aromatic carbocycles. The van der Waals surface area contributed by atoms with Crippen molar-refractivity contribution in [2.24, 2.45) is 0 Å². The second kappa shape index (κ2) is 9.10. The van der Waals surface area contributed by atoms with Crippen molar-refractivity contribution < 1.29 is 9.21 Å². The molecule has 158 valence electrons. The van der Waals surface area contributed by atoms with Gasteiger partial charge in [-0.2, -0.15) is 0 Å². The summed E-state index contributed by atoms with van der Waals surface area (Å²) < 4.78 is 7.59. The zero-order valence-corrected chi connectivity index (χ0v) is 19.4. The van der Waals surface area contributed by atoms with E-state index in [0.29, 0.717) is 17.4 Å². The molecule has 5 aromatic rings. The molecule has 0 unspecified atom stereocenters. The minimum absolute atomic E-state index is 0.0445. The summed E-state index contributed by atoms with van der Waals surface area (Å²) in [6.07, 6.45) is 1.62. The predicted molar refractivity (Wildman–Crippen MR) is 132 cm³/mol. The largest absolute Gasteiger partial charge is 0.467 e. The molecule has 0 aliphatic carbocycles. The van der Waals surface area contributed by atoms with Gasteiger partial charge >= 0.3 is 0 Å². The summed E-state index contributed by atoms with van der Waals surface area (Å²) >= 11 is 5.02. The number of carbonyl (C=O) groups excluding carboxylic acids is 1. The highest BCUT2D eigenvalue weighted by Gasteiger charge is 2.31. The molecule has 0 bridgehead atoms. The topological polar surface area (TPSA) is 46.3 Å². The van der Waals surface area contributed by atoms with Crippen molar-refractivity contribution in [1.29, 1.82) is 0 Å². The monoisotopic (exact) mass is 502 g/mol. The first-order valence-corrected chi connectivity index (χ1v) is 11.8. The lowest BCUT2D eigenvalue weighted by atomic mass is 9.90. The van der Waals surface area contributed by atoms with Gasteiger partial charge in [0.2, 0.25) is 5.91 Å². The van der Waals surface area contributed by atoms with E-state index in [9.17, 15) is 4.79 Å². The fraction of sp³-hybridized carbons (Fsp3) is 0.0769. The second-order valence-electron chi connectivity index (χ2n) is 7.37. The Balaban J connectivity index is 1.62. The molecule has 0 aliphatic heterocycles. The van der Waals surface area contributed by atoms with Crippen LogP contribution >= 0.6 is 27.3 Å². The summed E-state index contributed by atoms with van der Waals surface area (Å²) in [5.41, 5.74) is 2.75. The highest BCUT2D eigenvalue weighted by atomic mass is 79.9. The third-order valence-corrected chi connectivity index (χ3v) is 6.78. The van der Waals surface area contributed by atoms with E-state index in [2.05, 4.69) is 15.9 Å². The highest BCUT2D eigenvalue weighted by molar-refractivity contribution is 9.10. The molecule has 4 nitrogen and oxygen atoms in total. The van der Waals surface area contributed by atoms with Crippen LogP contribution in [-0.4, -0.2) is 10.9 Å². The molecule has 0 saturated carbocycles. The van der Waals surface area contributed by atoms with Crippen LogP contribution in [0.25, 0.3) is 10.2 Å². The standard InChI is InChI=1S/C26H19BrN2O2S/c27-20-13-14-22-23(16-20)32-26(28-22)29(17-21-12-7-15-31-21)25(30)24(18-8-3-1-4-9-18)19-10-5-2-6-11-19/h1-16,24H,17H2. The quantitative estimate of drug-likeness (QED) is 0.250. The van der Waals surface area contributed by atoms with Gasteiger partial charge in [-0.3, -0.25) is 9.69 Å². The molecule has 0 radical (unpaired) electrons. The molecule has 0 spiro atoms. The first-order chi connectivity index (χ1) is 15.7. The minimum Gasteiger partial charge on any atom is -0.467 e. The number of anilines is 1. The van der Waals surface area contributed by atoms with Crippen molar-refractivity contribution in [3.05, 3.63) is 119 Å². The fourth-order valence-corrected chi connectivity index (χ4v) is 5.25. The highest BCUT2D eigenvalue weighted by Crippen LogP contribution is 2.35. The lowest BCUT2D eigenvalue weighted by molar-refractivity contribution is -0.119. The van der Waals surface area contributed by atoms with Gasteiger partial charge in [0.25, 0.3) is 0 Å². The Morgan fingerprint density at radius 3 is 2.25 bits per heavy atom. The van der Waals surface area contributed by atoms with Gasteiger partial charge in [0.1, 0.15) is 5.76 Å². The first-order valence-electron chi connectivity index (χ1n) is 10.2. The van der Waals surface area contributed by atoms with E-state index in [1.165, 1.54) is 11.3 Å². The number of thiazole rings is 1. The number of aromatic nitrogens is 1. The van der Waals surface area contributed by atoms with E-state index in [1.54, 1.807) is 11.2 Å². The van der Waals surface area contributed by atoms with Crippen LogP contribution in [0.4, 0.5) is 5.13 Å². The van der Waals surface area contributed by atoms with Crippen molar-refractivity contribution in [2.75, 3.05) is 4.90 Å². The van der Waals surface area contributed by atoms with Gasteiger partial charge in [-0.05, 0) is 41.5 Å². The molecule has 2 heterocycles. The number of halogens is 1. The number of furan rings is 1. The minimum atomic E-state index is -0.453. The molecule has 2 aromatic heterocycles. The number of hydrogen-bond acceptors (Lipinski definition) is 4. The number of fused-ring (bicyclic) bond motifs is 1. The van der Waals surface area contributed by atoms with Gasteiger partial charge in [0, 0.05) is 4.47 Å². The van der Waals surface area contributed by atoms with Crippen LogP contribution in [0.3, 0.4) is 0 Å². The maximum atomic E-state index is 14.2. The fourth-order valence-electron chi connectivity index (χ4n) is 3.72. The average Bonchev–Trinajstić information content (AvgIpc) is 3.48. The Labute approximate surface area is 198 Å². The molecule has 1 amide bonds. The van der Waals surface area contributed by atoms with Crippen molar-refractivity contribution in [1.82, 2.24) is 4.98 Å². The van der Waals surface area contributed by atoms with Crippen LogP contribution in [0.15, 0.2) is 106 Å². The maximum Gasteiger partial charge on any atom is 0.241 e. The summed E-state index contributed by atoms with van der Waals surface area (Å²) in [5.74, 6) is 0.210. The number of carbonyl (C=O) groups is 1. The lowest BCUT2D eigenvalue weighted by Gasteiger charge is -2.25. The van der Waals surface area contributed by atoms with E-state index < -0.39 is 5.92 Å². The number of nitrogens with zero attached hydrogens (tertiary/aromatic N) is 2. The summed E-state index contributed by atoms with van der Waals surface area (Å²) in [6, 6.07) is 29.4.